The van der Waals surface area contributed by atoms with Gasteiger partial charge in [-0.15, -0.1) is 0 Å². The lowest BCUT2D eigenvalue weighted by Crippen LogP contribution is -2.44. The van der Waals surface area contributed by atoms with Crippen molar-refractivity contribution in [1.29, 1.82) is 0 Å². The number of piperidine rings is 2. The number of fused-ring (bicyclic) bond motifs is 4. The summed E-state index contributed by atoms with van der Waals surface area (Å²) in [4.78, 5) is 59.0. The molecule has 3 N–H and O–H groups in total. The first-order valence-corrected chi connectivity index (χ1v) is 21.9. The maximum atomic E-state index is 13.7. The van der Waals surface area contributed by atoms with Crippen molar-refractivity contribution in [2.45, 2.75) is 101 Å². The summed E-state index contributed by atoms with van der Waals surface area (Å²) in [5, 5.41) is 23.7. The molecule has 20 heteroatoms. The number of likely N-dealkylation sites (tertiary alicyclic amines) is 1. The first-order chi connectivity index (χ1) is 30.9. The lowest BCUT2D eigenvalue weighted by molar-refractivity contribution is -0.135. The molecule has 5 fully saturated rings. The summed E-state index contributed by atoms with van der Waals surface area (Å²) in [6.07, 6.45) is 10.7. The van der Waals surface area contributed by atoms with E-state index in [0.29, 0.717) is 28.9 Å². The highest BCUT2D eigenvalue weighted by Crippen LogP contribution is 2.35. The number of alkyl halides is 2. The molecule has 18 nitrogen and oxygen atoms in total. The van der Waals surface area contributed by atoms with Gasteiger partial charge in [-0.05, 0) is 63.8 Å². The number of halogens is 2. The van der Waals surface area contributed by atoms with Crippen LogP contribution in [-0.4, -0.2) is 119 Å². The number of hydrogen-bond donors (Lipinski definition) is 3. The number of aromatic nitrogens is 7. The molecule has 3 atom stereocenters. The molecule has 4 aromatic heterocycles. The molecule has 5 aromatic rings. The first kappa shape index (κ1) is 43.1. The van der Waals surface area contributed by atoms with Crippen LogP contribution in [0, 0.1) is 11.8 Å². The van der Waals surface area contributed by atoms with Gasteiger partial charge in [0.1, 0.15) is 29.8 Å². The van der Waals surface area contributed by atoms with Crippen molar-refractivity contribution in [2.75, 3.05) is 50.1 Å². The third kappa shape index (κ3) is 8.58. The van der Waals surface area contributed by atoms with Crippen LogP contribution in [0.5, 0.6) is 5.75 Å². The first-order valence-electron chi connectivity index (χ1n) is 21.9. The topological polar surface area (TPSA) is 195 Å². The van der Waals surface area contributed by atoms with Crippen LogP contribution in [0.1, 0.15) is 104 Å². The molecule has 338 valence electrons. The zero-order valence-corrected chi connectivity index (χ0v) is 35.7. The summed E-state index contributed by atoms with van der Waals surface area (Å²) in [5.41, 5.74) is 1.07. The molecular formula is C44H51F2N11O7. The number of phenolic OH excluding ortho intramolecular Hbond substituents is 1. The molecule has 1 saturated carbocycles. The van der Waals surface area contributed by atoms with Gasteiger partial charge in [0.25, 0.3) is 12.3 Å². The third-order valence-corrected chi connectivity index (χ3v) is 13.0. The van der Waals surface area contributed by atoms with Crippen LogP contribution in [0.15, 0.2) is 41.6 Å². The minimum absolute atomic E-state index is 0.0325. The van der Waals surface area contributed by atoms with Crippen LogP contribution in [0.4, 0.5) is 20.3 Å². The molecule has 3 amide bonds. The number of rotatable bonds is 8. The minimum atomic E-state index is -2.79. The monoisotopic (exact) mass is 883 g/mol. The van der Waals surface area contributed by atoms with Crippen molar-refractivity contribution >= 4 is 45.9 Å². The Kier molecular flexibility index (Phi) is 12.2. The Hall–Kier alpha value is -6.17. The fraction of sp³-hybridized carbons (Fsp3) is 0.523. The summed E-state index contributed by atoms with van der Waals surface area (Å²) in [6, 6.07) is 4.51. The molecule has 1 aliphatic carbocycles. The Labute approximate surface area is 366 Å². The highest BCUT2D eigenvalue weighted by Gasteiger charge is 2.40. The number of carbonyl (C=O) groups excluding carboxylic acids is 3. The van der Waals surface area contributed by atoms with Gasteiger partial charge >= 0.3 is 5.69 Å². The Morgan fingerprint density at radius 3 is 2.58 bits per heavy atom. The Balaban J connectivity index is 0.000000162. The summed E-state index contributed by atoms with van der Waals surface area (Å²) >= 11 is 0. The van der Waals surface area contributed by atoms with Crippen molar-refractivity contribution < 1.29 is 37.7 Å². The number of anilines is 2. The van der Waals surface area contributed by atoms with Crippen LogP contribution in [-0.2, 0) is 26.1 Å². The van der Waals surface area contributed by atoms with Crippen LogP contribution < -0.4 is 21.2 Å². The van der Waals surface area contributed by atoms with Gasteiger partial charge in [-0.3, -0.25) is 33.5 Å². The average molecular weight is 884 g/mol. The summed E-state index contributed by atoms with van der Waals surface area (Å²) in [6.45, 7) is 3.65. The number of aromatic hydroxyl groups is 1. The summed E-state index contributed by atoms with van der Waals surface area (Å²) in [7, 11) is 3.66. The minimum Gasteiger partial charge on any atom is -0.507 e. The molecule has 5 aliphatic rings. The van der Waals surface area contributed by atoms with Crippen molar-refractivity contribution in [3.8, 4) is 17.6 Å². The Bertz CT molecular complexity index is 2700. The number of ether oxygens (including phenoxy) is 2. The van der Waals surface area contributed by atoms with Crippen molar-refractivity contribution in [3.05, 3.63) is 64.1 Å². The van der Waals surface area contributed by atoms with Crippen LogP contribution in [0.2, 0.25) is 0 Å². The van der Waals surface area contributed by atoms with Crippen molar-refractivity contribution in [2.24, 2.45) is 7.05 Å². The molecule has 4 saturated heterocycles. The molecule has 8 heterocycles. The predicted octanol–water partition coefficient (Wildman–Crippen LogP) is 4.08. The highest BCUT2D eigenvalue weighted by atomic mass is 19.3. The van der Waals surface area contributed by atoms with Crippen molar-refractivity contribution in [1.82, 2.24) is 43.7 Å². The normalized spacial score (nSPS) is 21.9. The average Bonchev–Trinajstić information content (AvgIpc) is 4.14. The van der Waals surface area contributed by atoms with Gasteiger partial charge in [-0.1, -0.05) is 31.1 Å². The molecule has 64 heavy (non-hydrogen) atoms. The molecule has 0 spiro atoms. The number of amides is 3. The molecule has 3 unspecified atom stereocenters. The summed E-state index contributed by atoms with van der Waals surface area (Å²) < 4.78 is 44.7. The van der Waals surface area contributed by atoms with E-state index in [1.807, 2.05) is 6.07 Å². The van der Waals surface area contributed by atoms with Gasteiger partial charge in [-0.2, -0.15) is 10.2 Å². The number of nitrogens with one attached hydrogen (secondary N) is 2. The van der Waals surface area contributed by atoms with E-state index >= 15 is 0 Å². The molecule has 10 rings (SSSR count). The number of hydrogen-bond acceptors (Lipinski definition) is 12. The fourth-order valence-electron chi connectivity index (χ4n) is 9.50. The third-order valence-electron chi connectivity index (χ3n) is 13.0. The number of imidazole rings is 1. The SMILES string of the molecule is CN1CCC(OCC#Cc2c(O)ccc3c2n(C)c(=O)n3C2CCC(=O)NC2=O)CC1.O=C(Nc1cn(C2CCCCC2)nc1C(F)F)c1cnn2ccc(N3CC4CC3CO4)nc12. The molecule has 4 aliphatic heterocycles. The lowest BCUT2D eigenvalue weighted by atomic mass is 9.96. The standard InChI is InChI=1S/C22H25F2N7O2.C22H26N4O5/c23-20(24)19-17(11-31(28-19)13-4-2-1-3-5-13)26-22(32)16-9-25-30-7-6-18(27-21(16)30)29-10-15-8-14(29)12-33-15;1-24-11-9-14(10-12-24)31-13-3-4-15-18(27)7-5-16-20(15)25(2)22(30)26(16)17-6-8-19(28)23-21(17)29/h6-7,9,11,13-15,20H,1-5,8,10,12H2,(H,26,32);5,7,14,17,27H,6,8-13H2,1-2H3,(H,23,28,29). The smallest absolute Gasteiger partial charge is 0.329 e. The molecule has 1 aromatic carbocycles. The number of aryl methyl sites for hydroxylation is 1. The van der Waals surface area contributed by atoms with Gasteiger partial charge in [-0.25, -0.2) is 23.1 Å². The lowest BCUT2D eigenvalue weighted by Gasteiger charge is -2.28. The van der Waals surface area contributed by atoms with Gasteiger partial charge in [0.05, 0.1) is 59.4 Å². The number of carbonyl (C=O) groups is 3. The van der Waals surface area contributed by atoms with E-state index in [0.717, 1.165) is 76.8 Å². The number of phenols is 1. The van der Waals surface area contributed by atoms with Gasteiger partial charge < -0.3 is 29.7 Å². The number of imide groups is 1. The highest BCUT2D eigenvalue weighted by molar-refractivity contribution is 6.08. The number of benzene rings is 1. The van der Waals surface area contributed by atoms with E-state index < -0.39 is 35.7 Å². The van der Waals surface area contributed by atoms with E-state index in [1.54, 1.807) is 24.0 Å². The largest absolute Gasteiger partial charge is 0.507 e. The maximum Gasteiger partial charge on any atom is 0.329 e. The van der Waals surface area contributed by atoms with E-state index in [2.05, 4.69) is 54.5 Å². The predicted molar refractivity (Wildman–Crippen MR) is 229 cm³/mol. The van der Waals surface area contributed by atoms with Crippen molar-refractivity contribution in [3.63, 3.8) is 0 Å². The fourth-order valence-corrected chi connectivity index (χ4v) is 9.50. The summed E-state index contributed by atoms with van der Waals surface area (Å²) in [5.74, 6) is 5.22. The second-order valence-electron chi connectivity index (χ2n) is 17.2. The zero-order valence-electron chi connectivity index (χ0n) is 35.7. The van der Waals surface area contributed by atoms with Crippen LogP contribution >= 0.6 is 0 Å². The van der Waals surface area contributed by atoms with Gasteiger partial charge in [0.2, 0.25) is 11.8 Å². The zero-order chi connectivity index (χ0) is 44.6. The maximum absolute atomic E-state index is 13.7. The number of nitrogens with zero attached hydrogens (tertiary/aromatic N) is 9. The Morgan fingerprint density at radius 1 is 1.06 bits per heavy atom. The second-order valence-corrected chi connectivity index (χ2v) is 17.2. The van der Waals surface area contributed by atoms with E-state index in [-0.39, 0.29) is 66.6 Å². The van der Waals surface area contributed by atoms with E-state index in [9.17, 15) is 33.1 Å². The van der Waals surface area contributed by atoms with E-state index in [1.165, 1.54) is 32.1 Å². The van der Waals surface area contributed by atoms with Gasteiger partial charge in [0, 0.05) is 45.5 Å². The molecule has 0 radical (unpaired) electrons. The quantitative estimate of drug-likeness (QED) is 0.150. The molecular weight excluding hydrogens is 833 g/mol. The Morgan fingerprint density at radius 2 is 1.86 bits per heavy atom. The van der Waals surface area contributed by atoms with Crippen LogP contribution in [0.3, 0.4) is 0 Å². The van der Waals surface area contributed by atoms with Crippen LogP contribution in [0.25, 0.3) is 16.7 Å². The van der Waals surface area contributed by atoms with E-state index in [4.69, 9.17) is 9.47 Å². The molecule has 2 bridgehead atoms. The van der Waals surface area contributed by atoms with Gasteiger partial charge in [0.15, 0.2) is 11.3 Å². The number of morpholine rings is 1. The second kappa shape index (κ2) is 18.1.